The molecule has 162 valence electrons. The molecule has 0 aromatic carbocycles. The largest absolute Gasteiger partial charge is 0.413 e. The average Bonchev–Trinajstić information content (AvgIpc) is 2.66. The van der Waals surface area contributed by atoms with Crippen molar-refractivity contribution < 1.29 is 19.1 Å². The van der Waals surface area contributed by atoms with Crippen molar-refractivity contribution in [2.24, 2.45) is 0 Å². The number of carbonyl (C=O) groups excluding carboxylic acids is 1. The van der Waals surface area contributed by atoms with E-state index in [2.05, 4.69) is 51.8 Å². The molecule has 1 amide bonds. The molecule has 0 bridgehead atoms. The second-order valence-corrected chi connectivity index (χ2v) is 13.8. The van der Waals surface area contributed by atoms with Gasteiger partial charge >= 0.3 is 0 Å². The SMILES string of the molecule is CC(C)[Si](OC[C@@H](C)OCC(O)C(=O)Nc1ccc(C#N)cn1)(C(C)C)C(C)C. The maximum Gasteiger partial charge on any atom is 0.256 e. The Morgan fingerprint density at radius 3 is 2.17 bits per heavy atom. The Morgan fingerprint density at radius 2 is 1.72 bits per heavy atom. The first-order chi connectivity index (χ1) is 13.5. The van der Waals surface area contributed by atoms with Gasteiger partial charge in [-0.25, -0.2) is 4.98 Å². The predicted octanol–water partition coefficient (Wildman–Crippen LogP) is 3.85. The summed E-state index contributed by atoms with van der Waals surface area (Å²) in [7, 11) is -1.98. The van der Waals surface area contributed by atoms with E-state index in [9.17, 15) is 9.90 Å². The first-order valence-electron chi connectivity index (χ1n) is 10.1. The highest BCUT2D eigenvalue weighted by atomic mass is 28.4. The maximum atomic E-state index is 12.1. The molecule has 0 radical (unpaired) electrons. The van der Waals surface area contributed by atoms with E-state index in [1.54, 1.807) is 6.07 Å². The quantitative estimate of drug-likeness (QED) is 0.526. The number of rotatable bonds is 11. The van der Waals surface area contributed by atoms with Crippen molar-refractivity contribution in [1.82, 2.24) is 4.98 Å². The van der Waals surface area contributed by atoms with Crippen LogP contribution in [0.3, 0.4) is 0 Å². The molecule has 2 N–H and O–H groups in total. The zero-order valence-corrected chi connectivity index (χ0v) is 19.6. The van der Waals surface area contributed by atoms with Crippen LogP contribution in [0, 0.1) is 11.3 Å². The molecule has 1 aromatic rings. The van der Waals surface area contributed by atoms with Gasteiger partial charge in [0.15, 0.2) is 14.4 Å². The van der Waals surface area contributed by atoms with Gasteiger partial charge in [-0.2, -0.15) is 5.26 Å². The number of carbonyl (C=O) groups is 1. The number of ether oxygens (including phenoxy) is 1. The second-order valence-electron chi connectivity index (χ2n) is 8.32. The van der Waals surface area contributed by atoms with E-state index in [0.29, 0.717) is 28.8 Å². The maximum absolute atomic E-state index is 12.1. The van der Waals surface area contributed by atoms with Gasteiger partial charge in [0.1, 0.15) is 11.9 Å². The molecule has 1 unspecified atom stereocenters. The van der Waals surface area contributed by atoms with E-state index in [1.807, 2.05) is 13.0 Å². The molecule has 8 heteroatoms. The summed E-state index contributed by atoms with van der Waals surface area (Å²) < 4.78 is 12.1. The normalized spacial score (nSPS) is 14.1. The van der Waals surface area contributed by atoms with Crippen molar-refractivity contribution in [2.75, 3.05) is 18.5 Å². The van der Waals surface area contributed by atoms with Crippen molar-refractivity contribution in [3.05, 3.63) is 23.9 Å². The Labute approximate surface area is 175 Å². The summed E-state index contributed by atoms with van der Waals surface area (Å²) in [5, 5.41) is 21.3. The number of pyridine rings is 1. The molecule has 7 nitrogen and oxygen atoms in total. The summed E-state index contributed by atoms with van der Waals surface area (Å²) in [6.07, 6.45) is -0.211. The summed E-state index contributed by atoms with van der Waals surface area (Å²) in [5.74, 6) is -0.336. The minimum Gasteiger partial charge on any atom is -0.413 e. The van der Waals surface area contributed by atoms with Crippen LogP contribution in [0.4, 0.5) is 5.82 Å². The molecular formula is C21H35N3O4Si. The lowest BCUT2D eigenvalue weighted by molar-refractivity contribution is -0.128. The zero-order valence-electron chi connectivity index (χ0n) is 18.6. The van der Waals surface area contributed by atoms with Gasteiger partial charge in [0.25, 0.3) is 5.91 Å². The van der Waals surface area contributed by atoms with Crippen molar-refractivity contribution in [2.45, 2.75) is 77.3 Å². The Balaban J connectivity index is 2.54. The molecule has 0 fully saturated rings. The van der Waals surface area contributed by atoms with Crippen LogP contribution in [0.25, 0.3) is 0 Å². The number of aliphatic hydroxyl groups excluding tert-OH is 1. The smallest absolute Gasteiger partial charge is 0.256 e. The Hall–Kier alpha value is -1.79. The van der Waals surface area contributed by atoms with E-state index in [0.717, 1.165) is 0 Å². The van der Waals surface area contributed by atoms with E-state index in [-0.39, 0.29) is 18.5 Å². The molecule has 0 aliphatic rings. The van der Waals surface area contributed by atoms with Crippen LogP contribution in [-0.2, 0) is 14.0 Å². The Kier molecular flexibility index (Phi) is 9.93. The van der Waals surface area contributed by atoms with Crippen molar-refractivity contribution in [3.63, 3.8) is 0 Å². The lowest BCUT2D eigenvalue weighted by Crippen LogP contribution is -2.49. The van der Waals surface area contributed by atoms with E-state index >= 15 is 0 Å². The van der Waals surface area contributed by atoms with Gasteiger partial charge in [0.05, 0.1) is 24.9 Å². The highest BCUT2D eigenvalue weighted by Crippen LogP contribution is 2.42. The highest BCUT2D eigenvalue weighted by molar-refractivity contribution is 6.77. The first-order valence-corrected chi connectivity index (χ1v) is 12.3. The number of amides is 1. The number of nitriles is 1. The van der Waals surface area contributed by atoms with Gasteiger partial charge < -0.3 is 19.6 Å². The Morgan fingerprint density at radius 1 is 1.14 bits per heavy atom. The molecule has 0 saturated carbocycles. The lowest BCUT2D eigenvalue weighted by Gasteiger charge is -2.42. The monoisotopic (exact) mass is 421 g/mol. The summed E-state index contributed by atoms with van der Waals surface area (Å²) in [6.45, 7) is 15.5. The molecule has 2 atom stereocenters. The molecule has 0 aliphatic heterocycles. The average molecular weight is 422 g/mol. The van der Waals surface area contributed by atoms with Crippen LogP contribution in [0.5, 0.6) is 0 Å². The van der Waals surface area contributed by atoms with Gasteiger partial charge in [0.2, 0.25) is 0 Å². The van der Waals surface area contributed by atoms with Gasteiger partial charge in [-0.05, 0) is 35.7 Å². The van der Waals surface area contributed by atoms with Crippen LogP contribution < -0.4 is 5.32 Å². The molecule has 0 spiro atoms. The minimum absolute atomic E-state index is 0.133. The number of nitrogens with one attached hydrogen (secondary N) is 1. The van der Waals surface area contributed by atoms with Gasteiger partial charge in [-0.3, -0.25) is 4.79 Å². The second kappa shape index (κ2) is 11.4. The van der Waals surface area contributed by atoms with E-state index < -0.39 is 20.3 Å². The van der Waals surface area contributed by atoms with Crippen molar-refractivity contribution in [3.8, 4) is 6.07 Å². The Bertz CT molecular complexity index is 664. The molecule has 29 heavy (non-hydrogen) atoms. The number of nitrogens with zero attached hydrogens (tertiary/aromatic N) is 2. The summed E-state index contributed by atoms with van der Waals surface area (Å²) in [6, 6.07) is 5.00. The molecule has 1 rings (SSSR count). The molecule has 1 heterocycles. The van der Waals surface area contributed by atoms with Crippen molar-refractivity contribution >= 4 is 20.0 Å². The molecular weight excluding hydrogens is 386 g/mol. The third kappa shape index (κ3) is 6.89. The van der Waals surface area contributed by atoms with Gasteiger partial charge in [0, 0.05) is 6.20 Å². The van der Waals surface area contributed by atoms with Crippen LogP contribution in [0.2, 0.25) is 16.6 Å². The number of aliphatic hydroxyl groups is 1. The van der Waals surface area contributed by atoms with Gasteiger partial charge in [-0.1, -0.05) is 41.5 Å². The molecule has 0 saturated heterocycles. The van der Waals surface area contributed by atoms with Crippen LogP contribution in [-0.4, -0.2) is 49.7 Å². The van der Waals surface area contributed by atoms with E-state index in [1.165, 1.54) is 12.3 Å². The van der Waals surface area contributed by atoms with E-state index in [4.69, 9.17) is 14.4 Å². The lowest BCUT2D eigenvalue weighted by atomic mass is 10.3. The van der Waals surface area contributed by atoms with Crippen LogP contribution >= 0.6 is 0 Å². The van der Waals surface area contributed by atoms with Gasteiger partial charge in [-0.15, -0.1) is 0 Å². The summed E-state index contributed by atoms with van der Waals surface area (Å²) in [4.78, 5) is 16.0. The number of hydrogen-bond acceptors (Lipinski definition) is 6. The fraction of sp³-hybridized carbons (Fsp3) is 0.667. The predicted molar refractivity (Wildman–Crippen MR) is 116 cm³/mol. The number of anilines is 1. The molecule has 0 aliphatic carbocycles. The number of hydrogen-bond donors (Lipinski definition) is 2. The van der Waals surface area contributed by atoms with Crippen LogP contribution in [0.1, 0.15) is 54.0 Å². The fourth-order valence-corrected chi connectivity index (χ4v) is 9.41. The molecule has 1 aromatic heterocycles. The zero-order chi connectivity index (χ0) is 22.2. The third-order valence-corrected chi connectivity index (χ3v) is 11.3. The van der Waals surface area contributed by atoms with Crippen molar-refractivity contribution in [1.29, 1.82) is 5.26 Å². The number of aromatic nitrogens is 1. The van der Waals surface area contributed by atoms with Crippen LogP contribution in [0.15, 0.2) is 18.3 Å². The topological polar surface area (TPSA) is 104 Å². The summed E-state index contributed by atoms with van der Waals surface area (Å²) in [5.41, 5.74) is 1.83. The standard InChI is InChI=1S/C21H35N3O4Si/c1-14(2)29(15(3)4,16(5)6)28-12-17(7)27-13-19(25)21(26)24-20-9-8-18(10-22)11-23-20/h8-9,11,14-17,19,25H,12-13H2,1-7H3,(H,23,24,26)/t17-,19?/m1/s1. The summed E-state index contributed by atoms with van der Waals surface area (Å²) >= 11 is 0. The minimum atomic E-state index is -1.98. The first kappa shape index (κ1) is 25.2. The fourth-order valence-electron chi connectivity index (χ4n) is 3.88. The third-order valence-electron chi connectivity index (χ3n) is 5.26. The highest BCUT2D eigenvalue weighted by Gasteiger charge is 2.45.